The summed E-state index contributed by atoms with van der Waals surface area (Å²) in [5.74, 6) is 0.332. The SMILES string of the molecule is COC(=O)c1csc(N2CCNCC2COc2cccnc2)n1. The van der Waals surface area contributed by atoms with E-state index >= 15 is 0 Å². The summed E-state index contributed by atoms with van der Waals surface area (Å²) in [7, 11) is 1.36. The Morgan fingerprint density at radius 2 is 2.48 bits per heavy atom. The molecule has 3 rings (SSSR count). The molecule has 122 valence electrons. The number of aromatic nitrogens is 2. The van der Waals surface area contributed by atoms with Gasteiger partial charge >= 0.3 is 5.97 Å². The molecule has 1 aliphatic rings. The van der Waals surface area contributed by atoms with Crippen LogP contribution < -0.4 is 15.0 Å². The van der Waals surface area contributed by atoms with Gasteiger partial charge in [0.2, 0.25) is 0 Å². The number of methoxy groups -OCH3 is 1. The van der Waals surface area contributed by atoms with Crippen LogP contribution in [0.4, 0.5) is 5.13 Å². The highest BCUT2D eigenvalue weighted by Gasteiger charge is 2.26. The van der Waals surface area contributed by atoms with E-state index < -0.39 is 5.97 Å². The fourth-order valence-corrected chi connectivity index (χ4v) is 3.27. The number of ether oxygens (including phenoxy) is 2. The van der Waals surface area contributed by atoms with Crippen LogP contribution in [-0.4, -0.2) is 55.3 Å². The molecule has 0 aromatic carbocycles. The number of rotatable bonds is 5. The standard InChI is InChI=1S/C15H18N4O3S/c1-21-14(20)13-10-23-15(18-13)19-6-5-17-7-11(19)9-22-12-3-2-4-16-8-12/h2-4,8,10-11,17H,5-7,9H2,1H3. The zero-order valence-electron chi connectivity index (χ0n) is 12.8. The quantitative estimate of drug-likeness (QED) is 0.823. The van der Waals surface area contributed by atoms with Crippen molar-refractivity contribution in [2.75, 3.05) is 38.3 Å². The normalized spacial score (nSPS) is 17.8. The lowest BCUT2D eigenvalue weighted by Gasteiger charge is -2.35. The highest BCUT2D eigenvalue weighted by atomic mass is 32.1. The summed E-state index contributed by atoms with van der Waals surface area (Å²) in [5, 5.41) is 5.90. The van der Waals surface area contributed by atoms with Gasteiger partial charge in [0.25, 0.3) is 0 Å². The first-order valence-corrected chi connectivity index (χ1v) is 8.20. The van der Waals surface area contributed by atoms with E-state index in [4.69, 9.17) is 9.47 Å². The van der Waals surface area contributed by atoms with E-state index in [0.29, 0.717) is 12.3 Å². The number of piperazine rings is 1. The second kappa shape index (κ2) is 7.38. The Morgan fingerprint density at radius 1 is 1.57 bits per heavy atom. The Labute approximate surface area is 138 Å². The molecule has 23 heavy (non-hydrogen) atoms. The Morgan fingerprint density at radius 3 is 3.26 bits per heavy atom. The predicted octanol–water partition coefficient (Wildman–Crippen LogP) is 1.18. The van der Waals surface area contributed by atoms with Crippen LogP contribution in [0.3, 0.4) is 0 Å². The van der Waals surface area contributed by atoms with Gasteiger partial charge in [-0.05, 0) is 12.1 Å². The molecule has 2 aromatic heterocycles. The molecule has 0 radical (unpaired) electrons. The van der Waals surface area contributed by atoms with Crippen LogP contribution >= 0.6 is 11.3 Å². The molecule has 1 fully saturated rings. The molecule has 0 amide bonds. The fourth-order valence-electron chi connectivity index (χ4n) is 2.38. The van der Waals surface area contributed by atoms with Crippen LogP contribution in [0.25, 0.3) is 0 Å². The molecule has 0 aliphatic carbocycles. The van der Waals surface area contributed by atoms with Gasteiger partial charge in [-0.3, -0.25) is 4.98 Å². The fraction of sp³-hybridized carbons (Fsp3) is 0.400. The molecule has 3 heterocycles. The molecule has 1 N–H and O–H groups in total. The maximum atomic E-state index is 11.6. The Hall–Kier alpha value is -2.19. The van der Waals surface area contributed by atoms with Crippen LogP contribution in [0.1, 0.15) is 10.5 Å². The third-order valence-corrected chi connectivity index (χ3v) is 4.44. The maximum Gasteiger partial charge on any atom is 0.357 e. The van der Waals surface area contributed by atoms with Gasteiger partial charge in [-0.1, -0.05) is 0 Å². The molecule has 1 unspecified atom stereocenters. The average Bonchev–Trinajstić information content (AvgIpc) is 3.10. The summed E-state index contributed by atoms with van der Waals surface area (Å²) in [6.45, 7) is 3.00. The Bertz CT molecular complexity index is 649. The zero-order valence-corrected chi connectivity index (χ0v) is 13.6. The molecule has 0 bridgehead atoms. The summed E-state index contributed by atoms with van der Waals surface area (Å²) in [4.78, 5) is 22.2. The monoisotopic (exact) mass is 334 g/mol. The molecule has 1 aliphatic heterocycles. The van der Waals surface area contributed by atoms with Gasteiger partial charge in [-0.25, -0.2) is 9.78 Å². The second-order valence-corrected chi connectivity index (χ2v) is 5.89. The number of hydrogen-bond donors (Lipinski definition) is 1. The van der Waals surface area contributed by atoms with Crippen molar-refractivity contribution >= 4 is 22.4 Å². The first-order chi connectivity index (χ1) is 11.3. The van der Waals surface area contributed by atoms with Crippen molar-refractivity contribution < 1.29 is 14.3 Å². The molecule has 8 heteroatoms. The lowest BCUT2D eigenvalue weighted by Crippen LogP contribution is -2.54. The topological polar surface area (TPSA) is 76.6 Å². The molecule has 1 saturated heterocycles. The van der Waals surface area contributed by atoms with Gasteiger partial charge in [0.15, 0.2) is 10.8 Å². The van der Waals surface area contributed by atoms with Gasteiger partial charge in [0, 0.05) is 31.2 Å². The number of pyridine rings is 1. The summed E-state index contributed by atoms with van der Waals surface area (Å²) in [6, 6.07) is 3.86. The largest absolute Gasteiger partial charge is 0.490 e. The van der Waals surface area contributed by atoms with E-state index in [2.05, 4.69) is 20.2 Å². The maximum absolute atomic E-state index is 11.6. The van der Waals surface area contributed by atoms with Gasteiger partial charge in [0.05, 0.1) is 19.3 Å². The minimum atomic E-state index is -0.411. The van der Waals surface area contributed by atoms with Gasteiger partial charge < -0.3 is 19.7 Å². The zero-order chi connectivity index (χ0) is 16.1. The number of nitrogens with one attached hydrogen (secondary N) is 1. The van der Waals surface area contributed by atoms with E-state index in [9.17, 15) is 4.79 Å². The molecule has 0 saturated carbocycles. The number of hydrogen-bond acceptors (Lipinski definition) is 8. The summed E-state index contributed by atoms with van der Waals surface area (Å²) < 4.78 is 10.5. The number of carbonyl (C=O) groups excluding carboxylic acids is 1. The van der Waals surface area contributed by atoms with E-state index in [1.54, 1.807) is 17.8 Å². The third-order valence-electron chi connectivity index (χ3n) is 3.56. The first-order valence-electron chi connectivity index (χ1n) is 7.32. The van der Waals surface area contributed by atoms with Crippen molar-refractivity contribution in [2.24, 2.45) is 0 Å². The summed E-state index contributed by atoms with van der Waals surface area (Å²) >= 11 is 1.44. The number of thiazole rings is 1. The average molecular weight is 334 g/mol. The molecular weight excluding hydrogens is 316 g/mol. The van der Waals surface area contributed by atoms with E-state index in [1.807, 2.05) is 12.1 Å². The smallest absolute Gasteiger partial charge is 0.357 e. The highest BCUT2D eigenvalue weighted by Crippen LogP contribution is 2.24. The second-order valence-electron chi connectivity index (χ2n) is 5.06. The van der Waals surface area contributed by atoms with E-state index in [-0.39, 0.29) is 6.04 Å². The minimum Gasteiger partial charge on any atom is -0.490 e. The third kappa shape index (κ3) is 3.77. The van der Waals surface area contributed by atoms with Crippen molar-refractivity contribution in [2.45, 2.75) is 6.04 Å². The van der Waals surface area contributed by atoms with Crippen molar-refractivity contribution in [3.05, 3.63) is 35.6 Å². The van der Waals surface area contributed by atoms with Gasteiger partial charge in [-0.15, -0.1) is 11.3 Å². The van der Waals surface area contributed by atoms with Gasteiger partial charge in [0.1, 0.15) is 12.4 Å². The highest BCUT2D eigenvalue weighted by molar-refractivity contribution is 7.13. The van der Waals surface area contributed by atoms with Crippen molar-refractivity contribution in [3.8, 4) is 5.75 Å². The number of carbonyl (C=O) groups is 1. The lowest BCUT2D eigenvalue weighted by molar-refractivity contribution is 0.0595. The molecule has 7 nitrogen and oxygen atoms in total. The number of anilines is 1. The van der Waals surface area contributed by atoms with Crippen molar-refractivity contribution in [1.29, 1.82) is 0 Å². The van der Waals surface area contributed by atoms with Gasteiger partial charge in [-0.2, -0.15) is 0 Å². The minimum absolute atomic E-state index is 0.139. The number of nitrogens with zero attached hydrogens (tertiary/aromatic N) is 3. The molecule has 1 atom stereocenters. The molecular formula is C15H18N4O3S. The van der Waals surface area contributed by atoms with E-state index in [0.717, 1.165) is 30.5 Å². The van der Waals surface area contributed by atoms with Crippen LogP contribution in [-0.2, 0) is 4.74 Å². The van der Waals surface area contributed by atoms with Crippen LogP contribution in [0.5, 0.6) is 5.75 Å². The van der Waals surface area contributed by atoms with E-state index in [1.165, 1.54) is 18.4 Å². The van der Waals surface area contributed by atoms with Crippen LogP contribution in [0.2, 0.25) is 0 Å². The Kier molecular flexibility index (Phi) is 5.04. The predicted molar refractivity (Wildman–Crippen MR) is 87.2 cm³/mol. The van der Waals surface area contributed by atoms with Crippen LogP contribution in [0.15, 0.2) is 29.9 Å². The van der Waals surface area contributed by atoms with Crippen molar-refractivity contribution in [3.63, 3.8) is 0 Å². The Balaban J connectivity index is 1.68. The lowest BCUT2D eigenvalue weighted by atomic mass is 10.2. The summed E-state index contributed by atoms with van der Waals surface area (Å²) in [6.07, 6.45) is 3.41. The number of esters is 1. The van der Waals surface area contributed by atoms with Crippen LogP contribution in [0, 0.1) is 0 Å². The molecule has 0 spiro atoms. The van der Waals surface area contributed by atoms with Crippen molar-refractivity contribution in [1.82, 2.24) is 15.3 Å². The first kappa shape index (κ1) is 15.7. The summed E-state index contributed by atoms with van der Waals surface area (Å²) in [5.41, 5.74) is 0.345. The molecule has 2 aromatic rings.